The number of halogens is 1. The molecule has 2 rings (SSSR count). The highest BCUT2D eigenvalue weighted by Crippen LogP contribution is 2.34. The Morgan fingerprint density at radius 1 is 1.25 bits per heavy atom. The van der Waals surface area contributed by atoms with Gasteiger partial charge < -0.3 is 9.64 Å². The van der Waals surface area contributed by atoms with Gasteiger partial charge in [0.1, 0.15) is 23.0 Å². The van der Waals surface area contributed by atoms with Crippen LogP contribution in [-0.2, 0) is 6.42 Å². The summed E-state index contributed by atoms with van der Waals surface area (Å²) in [5.74, 6) is 1.61. The number of rotatable bonds is 5. The first-order valence-corrected chi connectivity index (χ1v) is 6.93. The lowest BCUT2D eigenvalue weighted by Gasteiger charge is -2.23. The molecular formula is C15H18ClN3O. The fourth-order valence-electron chi connectivity index (χ4n) is 2.16. The van der Waals surface area contributed by atoms with Crippen molar-refractivity contribution in [1.29, 1.82) is 0 Å². The van der Waals surface area contributed by atoms with Crippen molar-refractivity contribution in [3.8, 4) is 5.75 Å². The molecule has 4 nitrogen and oxygen atoms in total. The molecular weight excluding hydrogens is 274 g/mol. The fraction of sp³-hybridized carbons (Fsp3) is 0.333. The van der Waals surface area contributed by atoms with E-state index in [1.165, 1.54) is 6.33 Å². The SMILES string of the molecule is CCCc1c(Cl)ncnc1N(C)c1ccccc1OC. The van der Waals surface area contributed by atoms with E-state index in [0.29, 0.717) is 5.15 Å². The van der Waals surface area contributed by atoms with Crippen LogP contribution in [-0.4, -0.2) is 24.1 Å². The quantitative estimate of drug-likeness (QED) is 0.784. The molecule has 0 aliphatic rings. The smallest absolute Gasteiger partial charge is 0.142 e. The number of ether oxygens (including phenoxy) is 1. The predicted octanol–water partition coefficient (Wildman–Crippen LogP) is 3.86. The van der Waals surface area contributed by atoms with Gasteiger partial charge in [-0.2, -0.15) is 0 Å². The van der Waals surface area contributed by atoms with Gasteiger partial charge in [-0.25, -0.2) is 9.97 Å². The molecule has 0 N–H and O–H groups in total. The number of hydrogen-bond donors (Lipinski definition) is 0. The van der Waals surface area contributed by atoms with Gasteiger partial charge in [-0.15, -0.1) is 0 Å². The third-order valence-corrected chi connectivity index (χ3v) is 3.46. The lowest BCUT2D eigenvalue weighted by atomic mass is 10.1. The minimum absolute atomic E-state index is 0.513. The zero-order chi connectivity index (χ0) is 14.5. The Kier molecular flexibility index (Phi) is 4.79. The van der Waals surface area contributed by atoms with Gasteiger partial charge in [-0.3, -0.25) is 0 Å². The summed E-state index contributed by atoms with van der Waals surface area (Å²) in [7, 11) is 3.61. The first-order chi connectivity index (χ1) is 9.69. The first kappa shape index (κ1) is 14.6. The van der Waals surface area contributed by atoms with Crippen molar-refractivity contribution >= 4 is 23.1 Å². The average Bonchev–Trinajstić information content (AvgIpc) is 2.48. The lowest BCUT2D eigenvalue weighted by molar-refractivity contribution is 0.415. The van der Waals surface area contributed by atoms with Crippen molar-refractivity contribution in [2.45, 2.75) is 19.8 Å². The fourth-order valence-corrected chi connectivity index (χ4v) is 2.38. The molecule has 1 heterocycles. The van der Waals surface area contributed by atoms with Crippen LogP contribution in [0.2, 0.25) is 5.15 Å². The molecule has 0 saturated heterocycles. The van der Waals surface area contributed by atoms with Gasteiger partial charge in [-0.05, 0) is 18.6 Å². The second-order valence-electron chi connectivity index (χ2n) is 4.45. The number of aromatic nitrogens is 2. The summed E-state index contributed by atoms with van der Waals surface area (Å²) in [4.78, 5) is 10.4. The molecule has 0 atom stereocenters. The van der Waals surface area contributed by atoms with Crippen molar-refractivity contribution in [3.05, 3.63) is 41.3 Å². The summed E-state index contributed by atoms with van der Waals surface area (Å²) in [6.07, 6.45) is 3.32. The highest BCUT2D eigenvalue weighted by atomic mass is 35.5. The largest absolute Gasteiger partial charge is 0.495 e. The molecule has 0 fully saturated rings. The molecule has 0 aliphatic heterocycles. The van der Waals surface area contributed by atoms with Gasteiger partial charge in [-0.1, -0.05) is 37.1 Å². The molecule has 0 radical (unpaired) electrons. The van der Waals surface area contributed by atoms with E-state index in [9.17, 15) is 0 Å². The maximum Gasteiger partial charge on any atom is 0.142 e. The molecule has 20 heavy (non-hydrogen) atoms. The minimum atomic E-state index is 0.513. The standard InChI is InChI=1S/C15H18ClN3O/c1-4-7-11-14(16)17-10-18-15(11)19(2)12-8-5-6-9-13(12)20-3/h5-6,8-10H,4,7H2,1-3H3. The third kappa shape index (κ3) is 2.85. The van der Waals surface area contributed by atoms with Crippen LogP contribution < -0.4 is 9.64 Å². The van der Waals surface area contributed by atoms with Crippen LogP contribution in [0, 0.1) is 0 Å². The maximum atomic E-state index is 6.20. The average molecular weight is 292 g/mol. The van der Waals surface area contributed by atoms with Crippen molar-refractivity contribution in [3.63, 3.8) is 0 Å². The van der Waals surface area contributed by atoms with Crippen molar-refractivity contribution < 1.29 is 4.74 Å². The Bertz CT molecular complexity index is 589. The van der Waals surface area contributed by atoms with E-state index >= 15 is 0 Å². The Labute approximate surface area is 124 Å². The zero-order valence-corrected chi connectivity index (χ0v) is 12.7. The van der Waals surface area contributed by atoms with Gasteiger partial charge >= 0.3 is 0 Å². The lowest BCUT2D eigenvalue weighted by Crippen LogP contribution is -2.15. The van der Waals surface area contributed by atoms with Crippen molar-refractivity contribution in [2.75, 3.05) is 19.1 Å². The summed E-state index contributed by atoms with van der Waals surface area (Å²) < 4.78 is 5.40. The second kappa shape index (κ2) is 6.57. The first-order valence-electron chi connectivity index (χ1n) is 6.55. The molecule has 0 saturated carbocycles. The van der Waals surface area contributed by atoms with Crippen LogP contribution in [0.25, 0.3) is 0 Å². The van der Waals surface area contributed by atoms with E-state index in [0.717, 1.165) is 35.7 Å². The Hall–Kier alpha value is -1.81. The van der Waals surface area contributed by atoms with E-state index < -0.39 is 0 Å². The molecule has 0 amide bonds. The summed E-state index contributed by atoms with van der Waals surface area (Å²) in [5, 5.41) is 0.513. The molecule has 1 aromatic carbocycles. The summed E-state index contributed by atoms with van der Waals surface area (Å²) >= 11 is 6.20. The molecule has 0 spiro atoms. The normalized spacial score (nSPS) is 10.4. The number of para-hydroxylation sites is 2. The Morgan fingerprint density at radius 3 is 2.70 bits per heavy atom. The van der Waals surface area contributed by atoms with E-state index in [-0.39, 0.29) is 0 Å². The van der Waals surface area contributed by atoms with E-state index in [4.69, 9.17) is 16.3 Å². The number of anilines is 2. The minimum Gasteiger partial charge on any atom is -0.495 e. The maximum absolute atomic E-state index is 6.20. The van der Waals surface area contributed by atoms with Crippen LogP contribution in [0.15, 0.2) is 30.6 Å². The predicted molar refractivity (Wildman–Crippen MR) is 82.1 cm³/mol. The van der Waals surface area contributed by atoms with Crippen LogP contribution in [0.1, 0.15) is 18.9 Å². The number of benzene rings is 1. The topological polar surface area (TPSA) is 38.2 Å². The van der Waals surface area contributed by atoms with Crippen LogP contribution in [0.5, 0.6) is 5.75 Å². The number of hydrogen-bond acceptors (Lipinski definition) is 4. The van der Waals surface area contributed by atoms with Gasteiger partial charge in [0.05, 0.1) is 12.8 Å². The Morgan fingerprint density at radius 2 is 2.00 bits per heavy atom. The van der Waals surface area contributed by atoms with Gasteiger partial charge in [0, 0.05) is 12.6 Å². The second-order valence-corrected chi connectivity index (χ2v) is 4.81. The van der Waals surface area contributed by atoms with Gasteiger partial charge in [0.2, 0.25) is 0 Å². The monoisotopic (exact) mass is 291 g/mol. The molecule has 0 aliphatic carbocycles. The van der Waals surface area contributed by atoms with E-state index in [1.54, 1.807) is 7.11 Å². The number of methoxy groups -OCH3 is 1. The summed E-state index contributed by atoms with van der Waals surface area (Å²) in [6, 6.07) is 7.82. The highest BCUT2D eigenvalue weighted by Gasteiger charge is 2.16. The van der Waals surface area contributed by atoms with Crippen LogP contribution in [0.3, 0.4) is 0 Å². The zero-order valence-electron chi connectivity index (χ0n) is 11.9. The summed E-state index contributed by atoms with van der Waals surface area (Å²) in [5.41, 5.74) is 1.91. The van der Waals surface area contributed by atoms with Crippen molar-refractivity contribution in [1.82, 2.24) is 9.97 Å². The van der Waals surface area contributed by atoms with E-state index in [1.807, 2.05) is 36.2 Å². The van der Waals surface area contributed by atoms with E-state index in [2.05, 4.69) is 16.9 Å². The van der Waals surface area contributed by atoms with Crippen LogP contribution in [0.4, 0.5) is 11.5 Å². The molecule has 5 heteroatoms. The summed E-state index contributed by atoms with van der Waals surface area (Å²) in [6.45, 7) is 2.11. The molecule has 0 unspecified atom stereocenters. The molecule has 0 bridgehead atoms. The number of nitrogens with zero attached hydrogens (tertiary/aromatic N) is 3. The van der Waals surface area contributed by atoms with Gasteiger partial charge in [0.25, 0.3) is 0 Å². The molecule has 106 valence electrons. The molecule has 2 aromatic rings. The van der Waals surface area contributed by atoms with Crippen molar-refractivity contribution in [2.24, 2.45) is 0 Å². The Balaban J connectivity index is 2.48. The highest BCUT2D eigenvalue weighted by molar-refractivity contribution is 6.30. The molecule has 1 aromatic heterocycles. The van der Waals surface area contributed by atoms with Crippen LogP contribution >= 0.6 is 11.6 Å². The van der Waals surface area contributed by atoms with Gasteiger partial charge in [0.15, 0.2) is 0 Å². The third-order valence-electron chi connectivity index (χ3n) is 3.13.